The van der Waals surface area contributed by atoms with Gasteiger partial charge in [-0.2, -0.15) is 0 Å². The summed E-state index contributed by atoms with van der Waals surface area (Å²) in [6, 6.07) is 7.94. The van der Waals surface area contributed by atoms with Crippen LogP contribution in [-0.2, 0) is 0 Å². The summed E-state index contributed by atoms with van der Waals surface area (Å²) >= 11 is 7.71. The highest BCUT2D eigenvalue weighted by Gasteiger charge is 2.23. The number of hydrogen-bond donors (Lipinski definition) is 0. The lowest BCUT2D eigenvalue weighted by Crippen LogP contribution is -2.47. The number of nitrogens with zero attached hydrogens (tertiary/aromatic N) is 6. The van der Waals surface area contributed by atoms with Gasteiger partial charge in [-0.1, -0.05) is 23.7 Å². The van der Waals surface area contributed by atoms with Crippen molar-refractivity contribution in [3.05, 3.63) is 59.6 Å². The first-order valence-electron chi connectivity index (χ1n) is 9.03. The van der Waals surface area contributed by atoms with Crippen LogP contribution in [0.4, 0.5) is 11.6 Å². The van der Waals surface area contributed by atoms with Crippen LogP contribution in [0.1, 0.15) is 0 Å². The van der Waals surface area contributed by atoms with E-state index in [1.807, 2.05) is 30.5 Å². The molecule has 5 rings (SSSR count). The summed E-state index contributed by atoms with van der Waals surface area (Å²) in [4.78, 5) is 23.3. The Labute approximate surface area is 171 Å². The van der Waals surface area contributed by atoms with E-state index in [-0.39, 0.29) is 0 Å². The summed E-state index contributed by atoms with van der Waals surface area (Å²) in [5, 5.41) is 4.00. The first-order valence-corrected chi connectivity index (χ1v) is 10.3. The molecule has 140 valence electrons. The number of halogens is 1. The quantitative estimate of drug-likeness (QED) is 0.508. The summed E-state index contributed by atoms with van der Waals surface area (Å²) in [5.74, 6) is 1.92. The Kier molecular flexibility index (Phi) is 4.54. The molecule has 3 aromatic heterocycles. The molecule has 0 bridgehead atoms. The van der Waals surface area contributed by atoms with Crippen LogP contribution in [-0.4, -0.2) is 46.1 Å². The molecular weight excluding hydrogens is 392 g/mol. The van der Waals surface area contributed by atoms with Crippen LogP contribution >= 0.6 is 22.9 Å². The van der Waals surface area contributed by atoms with Crippen LogP contribution in [0.15, 0.2) is 54.6 Å². The van der Waals surface area contributed by atoms with Crippen molar-refractivity contribution in [2.75, 3.05) is 36.0 Å². The van der Waals surface area contributed by atoms with Crippen molar-refractivity contribution < 1.29 is 0 Å². The third-order valence-corrected chi connectivity index (χ3v) is 6.10. The van der Waals surface area contributed by atoms with E-state index in [4.69, 9.17) is 11.6 Å². The van der Waals surface area contributed by atoms with E-state index in [2.05, 4.69) is 35.1 Å². The van der Waals surface area contributed by atoms with E-state index >= 15 is 0 Å². The fraction of sp³-hybridized carbons (Fsp3) is 0.200. The van der Waals surface area contributed by atoms with Crippen molar-refractivity contribution in [2.45, 2.75) is 0 Å². The highest BCUT2D eigenvalue weighted by Crippen LogP contribution is 2.38. The molecule has 28 heavy (non-hydrogen) atoms. The molecule has 0 atom stereocenters. The normalized spacial score (nSPS) is 14.6. The summed E-state index contributed by atoms with van der Waals surface area (Å²) in [5.41, 5.74) is 2.29. The SMILES string of the molecule is Clc1ccc(-c2csc3ncnc(N4CCN(c5cnccn5)CC4)c23)cc1. The zero-order valence-electron chi connectivity index (χ0n) is 15.0. The number of fused-ring (bicyclic) bond motifs is 1. The average Bonchev–Trinajstić information content (AvgIpc) is 3.19. The highest BCUT2D eigenvalue weighted by atomic mass is 35.5. The molecule has 0 N–H and O–H groups in total. The van der Waals surface area contributed by atoms with E-state index in [1.54, 1.807) is 30.1 Å². The third kappa shape index (κ3) is 3.16. The standard InChI is InChI=1S/C20H17ClN6S/c21-15-3-1-14(2-4-15)16-12-28-20-18(16)19(24-13-25-20)27-9-7-26(8-10-27)17-11-22-5-6-23-17/h1-6,11-13H,7-10H2. The fourth-order valence-electron chi connectivity index (χ4n) is 3.54. The van der Waals surface area contributed by atoms with Crippen molar-refractivity contribution in [2.24, 2.45) is 0 Å². The van der Waals surface area contributed by atoms with Gasteiger partial charge in [0.05, 0.1) is 11.6 Å². The lowest BCUT2D eigenvalue weighted by Gasteiger charge is -2.36. The van der Waals surface area contributed by atoms with Crippen LogP contribution in [0.3, 0.4) is 0 Å². The topological polar surface area (TPSA) is 58.0 Å². The maximum absolute atomic E-state index is 6.06. The molecule has 0 amide bonds. The lowest BCUT2D eigenvalue weighted by atomic mass is 10.1. The van der Waals surface area contributed by atoms with Crippen LogP contribution in [0.5, 0.6) is 0 Å². The third-order valence-electron chi connectivity index (χ3n) is 4.96. The molecule has 1 saturated heterocycles. The second-order valence-corrected chi connectivity index (χ2v) is 7.87. The number of anilines is 2. The molecule has 1 fully saturated rings. The number of aromatic nitrogens is 4. The number of rotatable bonds is 3. The molecule has 4 aromatic rings. The summed E-state index contributed by atoms with van der Waals surface area (Å²) in [6.07, 6.45) is 6.91. The van der Waals surface area contributed by atoms with Crippen molar-refractivity contribution in [3.8, 4) is 11.1 Å². The van der Waals surface area contributed by atoms with Crippen molar-refractivity contribution in [1.82, 2.24) is 19.9 Å². The Morgan fingerprint density at radius 3 is 2.43 bits per heavy atom. The van der Waals surface area contributed by atoms with Gasteiger partial charge in [0.2, 0.25) is 0 Å². The Bertz CT molecular complexity index is 1090. The van der Waals surface area contributed by atoms with Crippen molar-refractivity contribution >= 4 is 44.8 Å². The van der Waals surface area contributed by atoms with Gasteiger partial charge in [-0.05, 0) is 17.7 Å². The maximum atomic E-state index is 6.06. The summed E-state index contributed by atoms with van der Waals surface area (Å²) < 4.78 is 0. The maximum Gasteiger partial charge on any atom is 0.147 e. The van der Waals surface area contributed by atoms with Gasteiger partial charge in [0, 0.05) is 54.5 Å². The van der Waals surface area contributed by atoms with Gasteiger partial charge in [-0.15, -0.1) is 11.3 Å². The Morgan fingerprint density at radius 2 is 1.68 bits per heavy atom. The Hall–Kier alpha value is -2.77. The van der Waals surface area contributed by atoms with Gasteiger partial charge >= 0.3 is 0 Å². The molecule has 0 spiro atoms. The van der Waals surface area contributed by atoms with Gasteiger partial charge in [0.25, 0.3) is 0 Å². The van der Waals surface area contributed by atoms with Crippen LogP contribution in [0.2, 0.25) is 5.02 Å². The monoisotopic (exact) mass is 408 g/mol. The predicted octanol–water partition coefficient (Wildman–Crippen LogP) is 4.13. The van der Waals surface area contributed by atoms with Gasteiger partial charge < -0.3 is 9.80 Å². The second-order valence-electron chi connectivity index (χ2n) is 6.57. The molecule has 0 saturated carbocycles. The van der Waals surface area contributed by atoms with E-state index in [0.29, 0.717) is 0 Å². The van der Waals surface area contributed by atoms with E-state index in [1.165, 1.54) is 0 Å². The van der Waals surface area contributed by atoms with Crippen molar-refractivity contribution in [3.63, 3.8) is 0 Å². The van der Waals surface area contributed by atoms with Crippen LogP contribution < -0.4 is 9.80 Å². The lowest BCUT2D eigenvalue weighted by molar-refractivity contribution is 0.642. The number of hydrogen-bond acceptors (Lipinski definition) is 7. The fourth-order valence-corrected chi connectivity index (χ4v) is 4.58. The Morgan fingerprint density at radius 1 is 0.893 bits per heavy atom. The second kappa shape index (κ2) is 7.33. The minimum Gasteiger partial charge on any atom is -0.352 e. The van der Waals surface area contributed by atoms with Crippen LogP contribution in [0, 0.1) is 0 Å². The summed E-state index contributed by atoms with van der Waals surface area (Å²) in [7, 11) is 0. The predicted molar refractivity (Wildman–Crippen MR) is 114 cm³/mol. The molecule has 0 radical (unpaired) electrons. The zero-order valence-corrected chi connectivity index (χ0v) is 16.6. The number of thiophene rings is 1. The van der Waals surface area contributed by atoms with Gasteiger partial charge in [0.1, 0.15) is 22.8 Å². The van der Waals surface area contributed by atoms with Crippen molar-refractivity contribution in [1.29, 1.82) is 0 Å². The van der Waals surface area contributed by atoms with E-state index in [9.17, 15) is 0 Å². The van der Waals surface area contributed by atoms with Gasteiger partial charge in [0.15, 0.2) is 0 Å². The molecule has 1 aromatic carbocycles. The molecule has 1 aliphatic rings. The number of benzene rings is 1. The minimum atomic E-state index is 0.736. The van der Waals surface area contributed by atoms with E-state index < -0.39 is 0 Å². The molecule has 1 aliphatic heterocycles. The highest BCUT2D eigenvalue weighted by molar-refractivity contribution is 7.17. The Balaban J connectivity index is 1.47. The number of piperazine rings is 1. The molecule has 0 unspecified atom stereocenters. The average molecular weight is 409 g/mol. The molecule has 4 heterocycles. The first kappa shape index (κ1) is 17.3. The van der Waals surface area contributed by atoms with Gasteiger partial charge in [-0.3, -0.25) is 4.98 Å². The molecule has 8 heteroatoms. The summed E-state index contributed by atoms with van der Waals surface area (Å²) in [6.45, 7) is 3.51. The molecular formula is C20H17ClN6S. The molecule has 6 nitrogen and oxygen atoms in total. The van der Waals surface area contributed by atoms with Crippen LogP contribution in [0.25, 0.3) is 21.3 Å². The van der Waals surface area contributed by atoms with Gasteiger partial charge in [-0.25, -0.2) is 15.0 Å². The zero-order chi connectivity index (χ0) is 18.9. The smallest absolute Gasteiger partial charge is 0.147 e. The first-order chi connectivity index (χ1) is 13.8. The minimum absolute atomic E-state index is 0.736. The largest absolute Gasteiger partial charge is 0.352 e. The molecule has 0 aliphatic carbocycles. The van der Waals surface area contributed by atoms with E-state index in [0.717, 1.165) is 64.2 Å².